The summed E-state index contributed by atoms with van der Waals surface area (Å²) in [6.45, 7) is 2.45. The van der Waals surface area contributed by atoms with E-state index >= 15 is 0 Å². The Morgan fingerprint density at radius 1 is 1.57 bits per heavy atom. The Bertz CT molecular complexity index is 609. The molecule has 1 saturated heterocycles. The van der Waals surface area contributed by atoms with E-state index in [2.05, 4.69) is 10.4 Å². The number of nitrogens with zero attached hydrogens (tertiary/aromatic N) is 2. The highest BCUT2D eigenvalue weighted by Crippen LogP contribution is 2.14. The Morgan fingerprint density at radius 3 is 3.00 bits per heavy atom. The average Bonchev–Trinajstić information content (AvgIpc) is 2.77. The largest absolute Gasteiger partial charge is 0.462 e. The van der Waals surface area contributed by atoms with E-state index in [-0.39, 0.29) is 17.5 Å². The van der Waals surface area contributed by atoms with Crippen LogP contribution in [0, 0.1) is 0 Å². The predicted molar refractivity (Wildman–Crippen MR) is 77.7 cm³/mol. The summed E-state index contributed by atoms with van der Waals surface area (Å²) in [4.78, 5) is 11.8. The Labute approximate surface area is 124 Å². The van der Waals surface area contributed by atoms with Gasteiger partial charge in [0.1, 0.15) is 5.56 Å². The maximum Gasteiger partial charge on any atom is 0.341 e. The van der Waals surface area contributed by atoms with Crippen LogP contribution < -0.4 is 5.32 Å². The van der Waals surface area contributed by atoms with Crippen LogP contribution in [0.4, 0.5) is 0 Å². The smallest absolute Gasteiger partial charge is 0.341 e. The Kier molecular flexibility index (Phi) is 5.00. The molecule has 0 amide bonds. The van der Waals surface area contributed by atoms with Crippen molar-refractivity contribution in [2.45, 2.75) is 32.4 Å². The van der Waals surface area contributed by atoms with Crippen LogP contribution in [0.1, 0.15) is 35.8 Å². The molecule has 118 valence electrons. The van der Waals surface area contributed by atoms with Gasteiger partial charge in [-0.15, -0.1) is 0 Å². The fourth-order valence-electron chi connectivity index (χ4n) is 2.48. The number of carbonyl (C=O) groups excluding carboxylic acids is 1. The first-order chi connectivity index (χ1) is 9.93. The lowest BCUT2D eigenvalue weighted by atomic mass is 10.1. The molecular weight excluding hydrogens is 294 g/mol. The molecule has 1 aromatic rings. The molecule has 0 aliphatic carbocycles. The maximum absolute atomic E-state index is 11.8. The summed E-state index contributed by atoms with van der Waals surface area (Å²) in [5, 5.41) is 7.28. The van der Waals surface area contributed by atoms with Crippen molar-refractivity contribution in [3.63, 3.8) is 0 Å². The Morgan fingerprint density at radius 2 is 2.33 bits per heavy atom. The third-order valence-electron chi connectivity index (χ3n) is 3.58. The van der Waals surface area contributed by atoms with Crippen LogP contribution in [0.5, 0.6) is 0 Å². The zero-order valence-electron chi connectivity index (χ0n) is 12.3. The molecule has 2 heterocycles. The number of nitrogens with one attached hydrogen (secondary N) is 1. The van der Waals surface area contributed by atoms with Gasteiger partial charge in [-0.1, -0.05) is 0 Å². The number of sulfone groups is 1. The first-order valence-electron chi connectivity index (χ1n) is 7.04. The molecule has 1 N–H and O–H groups in total. The van der Waals surface area contributed by atoms with Crippen molar-refractivity contribution in [1.82, 2.24) is 15.1 Å². The third-order valence-corrected chi connectivity index (χ3v) is 5.40. The number of esters is 1. The van der Waals surface area contributed by atoms with Gasteiger partial charge in [0, 0.05) is 19.6 Å². The number of aromatic nitrogens is 2. The van der Waals surface area contributed by atoms with Crippen LogP contribution >= 0.6 is 0 Å². The van der Waals surface area contributed by atoms with Gasteiger partial charge in [0.05, 0.1) is 30.0 Å². The highest BCUT2D eigenvalue weighted by Gasteiger charge is 2.25. The summed E-state index contributed by atoms with van der Waals surface area (Å²) in [5.41, 5.74) is 1.13. The first kappa shape index (κ1) is 16.0. The van der Waals surface area contributed by atoms with Gasteiger partial charge in [-0.25, -0.2) is 13.2 Å². The van der Waals surface area contributed by atoms with Crippen LogP contribution in [0.2, 0.25) is 0 Å². The summed E-state index contributed by atoms with van der Waals surface area (Å²) in [5.74, 6) is 0.0172. The van der Waals surface area contributed by atoms with Gasteiger partial charge in [-0.2, -0.15) is 5.10 Å². The van der Waals surface area contributed by atoms with Crippen molar-refractivity contribution >= 4 is 15.8 Å². The molecule has 0 bridgehead atoms. The zero-order valence-corrected chi connectivity index (χ0v) is 13.1. The van der Waals surface area contributed by atoms with Crippen LogP contribution in [-0.4, -0.2) is 48.3 Å². The summed E-state index contributed by atoms with van der Waals surface area (Å²) >= 11 is 0. The fraction of sp³-hybridized carbons (Fsp3) is 0.692. The molecule has 1 aromatic heterocycles. The number of aryl methyl sites for hydroxylation is 1. The highest BCUT2D eigenvalue weighted by atomic mass is 32.2. The molecule has 8 heteroatoms. The number of ether oxygens (including phenoxy) is 1. The normalized spacial score (nSPS) is 21.1. The van der Waals surface area contributed by atoms with Gasteiger partial charge in [0.25, 0.3) is 0 Å². The average molecular weight is 315 g/mol. The van der Waals surface area contributed by atoms with E-state index in [4.69, 9.17) is 4.74 Å². The van der Waals surface area contributed by atoms with Crippen LogP contribution in [0.25, 0.3) is 0 Å². The minimum atomic E-state index is -2.94. The second kappa shape index (κ2) is 6.57. The Hall–Kier alpha value is -1.41. The van der Waals surface area contributed by atoms with Crippen molar-refractivity contribution in [1.29, 1.82) is 0 Å². The molecule has 21 heavy (non-hydrogen) atoms. The quantitative estimate of drug-likeness (QED) is 0.784. The summed E-state index contributed by atoms with van der Waals surface area (Å²) in [7, 11) is -1.20. The Balaban J connectivity index is 2.03. The lowest BCUT2D eigenvalue weighted by molar-refractivity contribution is 0.0524. The fourth-order valence-corrected chi connectivity index (χ4v) is 4.15. The second-order valence-corrected chi connectivity index (χ2v) is 7.41. The lowest BCUT2D eigenvalue weighted by Crippen LogP contribution is -2.40. The third kappa shape index (κ3) is 4.04. The topological polar surface area (TPSA) is 90.3 Å². The summed E-state index contributed by atoms with van der Waals surface area (Å²) in [6.07, 6.45) is 2.98. The minimum Gasteiger partial charge on any atom is -0.462 e. The molecule has 1 unspecified atom stereocenters. The van der Waals surface area contributed by atoms with Crippen molar-refractivity contribution < 1.29 is 17.9 Å². The molecule has 7 nitrogen and oxygen atoms in total. The van der Waals surface area contributed by atoms with Gasteiger partial charge in [0.15, 0.2) is 9.84 Å². The zero-order chi connectivity index (χ0) is 15.5. The van der Waals surface area contributed by atoms with Crippen molar-refractivity contribution in [3.8, 4) is 0 Å². The first-order valence-corrected chi connectivity index (χ1v) is 8.87. The van der Waals surface area contributed by atoms with Gasteiger partial charge in [0.2, 0.25) is 0 Å². The SMILES string of the molecule is CCOC(=O)c1cnn(C)c1CNC1CCCS(=O)(=O)C1. The van der Waals surface area contributed by atoms with Gasteiger partial charge < -0.3 is 10.1 Å². The van der Waals surface area contributed by atoms with Crippen LogP contribution in [-0.2, 0) is 28.2 Å². The van der Waals surface area contributed by atoms with E-state index in [0.717, 1.165) is 6.42 Å². The molecule has 1 aliphatic rings. The predicted octanol–water partition coefficient (Wildman–Crippen LogP) is 0.264. The van der Waals surface area contributed by atoms with E-state index in [1.165, 1.54) is 6.20 Å². The molecule has 0 spiro atoms. The maximum atomic E-state index is 11.8. The lowest BCUT2D eigenvalue weighted by Gasteiger charge is -2.23. The van der Waals surface area contributed by atoms with E-state index in [9.17, 15) is 13.2 Å². The number of rotatable bonds is 5. The minimum absolute atomic E-state index is 0.0753. The van der Waals surface area contributed by atoms with Crippen molar-refractivity contribution in [2.75, 3.05) is 18.1 Å². The standard InChI is InChI=1S/C13H21N3O4S/c1-3-20-13(17)11-7-15-16(2)12(11)8-14-10-5-4-6-21(18,19)9-10/h7,10,14H,3-6,8-9H2,1-2H3. The number of hydrogen-bond acceptors (Lipinski definition) is 6. The molecule has 1 fully saturated rings. The molecule has 0 saturated carbocycles. The van der Waals surface area contributed by atoms with E-state index < -0.39 is 15.8 Å². The van der Waals surface area contributed by atoms with E-state index in [1.807, 2.05) is 0 Å². The second-order valence-electron chi connectivity index (χ2n) is 5.18. The molecule has 0 radical (unpaired) electrons. The van der Waals surface area contributed by atoms with Crippen molar-refractivity contribution in [2.24, 2.45) is 7.05 Å². The summed E-state index contributed by atoms with van der Waals surface area (Å²) < 4.78 is 29.8. The number of carbonyl (C=O) groups is 1. The van der Waals surface area contributed by atoms with Gasteiger partial charge in [-0.3, -0.25) is 4.68 Å². The molecular formula is C13H21N3O4S. The number of hydrogen-bond donors (Lipinski definition) is 1. The summed E-state index contributed by atoms with van der Waals surface area (Å²) in [6, 6.07) is -0.0753. The van der Waals surface area contributed by atoms with Crippen LogP contribution in [0.15, 0.2) is 6.20 Å². The molecule has 0 aromatic carbocycles. The molecule has 1 aliphatic heterocycles. The van der Waals surface area contributed by atoms with Gasteiger partial charge >= 0.3 is 5.97 Å². The van der Waals surface area contributed by atoms with Gasteiger partial charge in [-0.05, 0) is 19.8 Å². The van der Waals surface area contributed by atoms with E-state index in [0.29, 0.717) is 30.8 Å². The monoisotopic (exact) mass is 315 g/mol. The molecule has 2 rings (SSSR count). The van der Waals surface area contributed by atoms with Crippen molar-refractivity contribution in [3.05, 3.63) is 17.5 Å². The molecule has 1 atom stereocenters. The highest BCUT2D eigenvalue weighted by molar-refractivity contribution is 7.91. The van der Waals surface area contributed by atoms with Crippen LogP contribution in [0.3, 0.4) is 0 Å². The van der Waals surface area contributed by atoms with E-state index in [1.54, 1.807) is 18.7 Å².